The lowest BCUT2D eigenvalue weighted by atomic mass is 9.90. The number of nitrogens with zero attached hydrogens (tertiary/aromatic N) is 2. The Bertz CT molecular complexity index is 712. The van der Waals surface area contributed by atoms with E-state index >= 15 is 0 Å². The second-order valence-electron chi connectivity index (χ2n) is 7.54. The number of halogens is 1. The monoisotopic (exact) mass is 332 g/mol. The normalized spacial score (nSPS) is 20.4. The van der Waals surface area contributed by atoms with Crippen molar-refractivity contribution in [2.24, 2.45) is 11.8 Å². The lowest BCUT2D eigenvalue weighted by molar-refractivity contribution is 0.219. The number of rotatable bonds is 4. The van der Waals surface area contributed by atoms with Gasteiger partial charge in [-0.2, -0.15) is 0 Å². The summed E-state index contributed by atoms with van der Waals surface area (Å²) in [6.07, 6.45) is 8.26. The fourth-order valence-corrected chi connectivity index (χ4v) is 4.17. The molecule has 0 atom stereocenters. The van der Waals surface area contributed by atoms with E-state index in [1.54, 1.807) is 0 Å². The molecule has 1 aromatic heterocycles. The molecule has 0 spiro atoms. The van der Waals surface area contributed by atoms with Crippen molar-refractivity contribution in [2.75, 3.05) is 20.1 Å². The van der Waals surface area contributed by atoms with E-state index in [0.29, 0.717) is 10.9 Å². The third kappa shape index (κ3) is 3.22. The standard InChI is InChI=1S/C19H25ClN2O/c1-21-6-4-13(5-7-21)8-15-9-16-12-22(11-14-2-3-14)19(23)18(16)17(20)10-15/h9-10,12-14,23H,2-8,11H2,1H3. The maximum Gasteiger partial charge on any atom is 0.200 e. The number of hydrogen-bond donors (Lipinski definition) is 1. The molecule has 0 bridgehead atoms. The lowest BCUT2D eigenvalue weighted by Gasteiger charge is -2.29. The van der Waals surface area contributed by atoms with E-state index < -0.39 is 0 Å². The molecule has 4 heteroatoms. The van der Waals surface area contributed by atoms with Crippen LogP contribution < -0.4 is 0 Å². The topological polar surface area (TPSA) is 28.4 Å². The van der Waals surface area contributed by atoms with Gasteiger partial charge < -0.3 is 14.6 Å². The summed E-state index contributed by atoms with van der Waals surface area (Å²) in [5, 5.41) is 13.1. The summed E-state index contributed by atoms with van der Waals surface area (Å²) in [5.41, 5.74) is 1.31. The fourth-order valence-electron chi connectivity index (χ4n) is 3.83. The van der Waals surface area contributed by atoms with Gasteiger partial charge in [-0.1, -0.05) is 11.6 Å². The lowest BCUT2D eigenvalue weighted by Crippen LogP contribution is -2.30. The zero-order valence-electron chi connectivity index (χ0n) is 13.8. The predicted molar refractivity (Wildman–Crippen MR) is 95.3 cm³/mol. The summed E-state index contributed by atoms with van der Waals surface area (Å²) >= 11 is 6.49. The van der Waals surface area contributed by atoms with Gasteiger partial charge in [0.1, 0.15) is 0 Å². The molecule has 1 saturated carbocycles. The summed E-state index contributed by atoms with van der Waals surface area (Å²) < 4.78 is 1.98. The van der Waals surface area contributed by atoms with Crippen molar-refractivity contribution >= 4 is 22.4 Å². The van der Waals surface area contributed by atoms with Crippen LogP contribution in [0.2, 0.25) is 5.02 Å². The van der Waals surface area contributed by atoms with Crippen molar-refractivity contribution in [2.45, 2.75) is 38.6 Å². The van der Waals surface area contributed by atoms with E-state index in [9.17, 15) is 5.11 Å². The molecule has 1 aromatic carbocycles. The van der Waals surface area contributed by atoms with Crippen LogP contribution in [0.3, 0.4) is 0 Å². The third-order valence-corrected chi connectivity index (χ3v) is 5.78. The molecule has 2 aromatic rings. The Morgan fingerprint density at radius 3 is 2.57 bits per heavy atom. The fraction of sp³-hybridized carbons (Fsp3) is 0.579. The highest BCUT2D eigenvalue weighted by Crippen LogP contribution is 2.38. The minimum atomic E-state index is 0.336. The molecule has 0 unspecified atom stereocenters. The number of aromatic nitrogens is 1. The minimum Gasteiger partial charge on any atom is -0.494 e. The number of fused-ring (bicyclic) bond motifs is 1. The van der Waals surface area contributed by atoms with Crippen molar-refractivity contribution in [3.63, 3.8) is 0 Å². The van der Waals surface area contributed by atoms with Crippen molar-refractivity contribution in [1.82, 2.24) is 9.47 Å². The van der Waals surface area contributed by atoms with Gasteiger partial charge in [0.25, 0.3) is 0 Å². The Balaban J connectivity index is 1.58. The van der Waals surface area contributed by atoms with E-state index in [4.69, 9.17) is 11.6 Å². The summed E-state index contributed by atoms with van der Waals surface area (Å²) in [4.78, 5) is 2.41. The van der Waals surface area contributed by atoms with Crippen molar-refractivity contribution in [3.05, 3.63) is 28.9 Å². The molecule has 3 nitrogen and oxygen atoms in total. The highest BCUT2D eigenvalue weighted by molar-refractivity contribution is 6.36. The summed E-state index contributed by atoms with van der Waals surface area (Å²) in [6, 6.07) is 4.28. The first kappa shape index (κ1) is 15.3. The van der Waals surface area contributed by atoms with Crippen molar-refractivity contribution in [3.8, 4) is 5.88 Å². The number of hydrogen-bond acceptors (Lipinski definition) is 2. The Hall–Kier alpha value is -1.19. The Labute approximate surface area is 142 Å². The van der Waals surface area contributed by atoms with Crippen LogP contribution in [0.15, 0.2) is 18.3 Å². The van der Waals surface area contributed by atoms with Crippen LogP contribution in [0.1, 0.15) is 31.2 Å². The van der Waals surface area contributed by atoms with E-state index in [1.165, 1.54) is 44.3 Å². The van der Waals surface area contributed by atoms with Crippen LogP contribution in [0.5, 0.6) is 5.88 Å². The number of piperidine rings is 1. The number of aromatic hydroxyl groups is 1. The van der Waals surface area contributed by atoms with E-state index in [-0.39, 0.29) is 0 Å². The molecule has 2 heterocycles. The molecule has 2 fully saturated rings. The van der Waals surface area contributed by atoms with E-state index in [1.807, 2.05) is 4.57 Å². The first-order valence-electron chi connectivity index (χ1n) is 8.79. The third-order valence-electron chi connectivity index (χ3n) is 5.49. The molecule has 0 radical (unpaired) electrons. The quantitative estimate of drug-likeness (QED) is 0.904. The zero-order chi connectivity index (χ0) is 16.0. The Morgan fingerprint density at radius 1 is 1.13 bits per heavy atom. The predicted octanol–water partition coefficient (Wildman–Crippen LogP) is 4.29. The van der Waals surface area contributed by atoms with Crippen LogP contribution >= 0.6 is 11.6 Å². The minimum absolute atomic E-state index is 0.336. The molecular weight excluding hydrogens is 308 g/mol. The molecule has 1 aliphatic heterocycles. The molecule has 2 aliphatic rings. The van der Waals surface area contributed by atoms with Gasteiger partial charge in [-0.05, 0) is 81.8 Å². The van der Waals surface area contributed by atoms with Crippen LogP contribution in [-0.2, 0) is 13.0 Å². The van der Waals surface area contributed by atoms with Crippen molar-refractivity contribution < 1.29 is 5.11 Å². The largest absolute Gasteiger partial charge is 0.494 e. The van der Waals surface area contributed by atoms with E-state index in [0.717, 1.165) is 35.6 Å². The van der Waals surface area contributed by atoms with Gasteiger partial charge in [0.2, 0.25) is 5.88 Å². The van der Waals surface area contributed by atoms with Crippen molar-refractivity contribution in [1.29, 1.82) is 0 Å². The average molecular weight is 333 g/mol. The zero-order valence-corrected chi connectivity index (χ0v) is 14.5. The van der Waals surface area contributed by atoms with Crippen LogP contribution in [0, 0.1) is 11.8 Å². The van der Waals surface area contributed by atoms with Gasteiger partial charge >= 0.3 is 0 Å². The van der Waals surface area contributed by atoms with Gasteiger partial charge in [0.15, 0.2) is 0 Å². The van der Waals surface area contributed by atoms with Gasteiger partial charge in [0.05, 0.1) is 10.4 Å². The number of benzene rings is 1. The SMILES string of the molecule is CN1CCC(Cc2cc(Cl)c3c(O)n(CC4CC4)cc3c2)CC1. The first-order valence-corrected chi connectivity index (χ1v) is 9.16. The Kier molecular flexibility index (Phi) is 4.02. The molecular formula is C19H25ClN2O. The molecule has 124 valence electrons. The van der Waals surface area contributed by atoms with Crippen LogP contribution in [0.4, 0.5) is 0 Å². The van der Waals surface area contributed by atoms with Gasteiger partial charge in [-0.15, -0.1) is 0 Å². The average Bonchev–Trinajstić information content (AvgIpc) is 3.26. The molecule has 0 amide bonds. The molecule has 23 heavy (non-hydrogen) atoms. The smallest absolute Gasteiger partial charge is 0.200 e. The highest BCUT2D eigenvalue weighted by Gasteiger charge is 2.24. The molecule has 4 rings (SSSR count). The summed E-state index contributed by atoms with van der Waals surface area (Å²) in [7, 11) is 2.20. The molecule has 1 N–H and O–H groups in total. The van der Waals surface area contributed by atoms with E-state index in [2.05, 4.69) is 30.3 Å². The summed E-state index contributed by atoms with van der Waals surface area (Å²) in [6.45, 7) is 3.31. The molecule has 1 saturated heterocycles. The highest BCUT2D eigenvalue weighted by atomic mass is 35.5. The summed E-state index contributed by atoms with van der Waals surface area (Å²) in [5.74, 6) is 1.82. The van der Waals surface area contributed by atoms with Gasteiger partial charge in [-0.25, -0.2) is 0 Å². The Morgan fingerprint density at radius 2 is 1.87 bits per heavy atom. The van der Waals surface area contributed by atoms with Crippen LogP contribution in [0.25, 0.3) is 10.8 Å². The maximum absolute atomic E-state index is 10.5. The van der Waals surface area contributed by atoms with Crippen LogP contribution in [-0.4, -0.2) is 34.7 Å². The maximum atomic E-state index is 10.5. The first-order chi connectivity index (χ1) is 11.1. The molecule has 1 aliphatic carbocycles. The second kappa shape index (κ2) is 6.03. The van der Waals surface area contributed by atoms with Gasteiger partial charge in [-0.3, -0.25) is 0 Å². The van der Waals surface area contributed by atoms with Gasteiger partial charge in [0, 0.05) is 18.1 Å². The second-order valence-corrected chi connectivity index (χ2v) is 7.95. The number of likely N-dealkylation sites (tertiary alicyclic amines) is 1.